The first-order valence-electron chi connectivity index (χ1n) is 10.1. The molecule has 0 atom stereocenters. The summed E-state index contributed by atoms with van der Waals surface area (Å²) in [6.45, 7) is 3.05. The minimum Gasteiger partial charge on any atom is -0.480 e. The molecule has 2 heterocycles. The fourth-order valence-electron chi connectivity index (χ4n) is 4.07. The number of aliphatic carboxylic acids is 1. The predicted octanol–water partition coefficient (Wildman–Crippen LogP) is 1.74. The Balaban J connectivity index is 1.26. The molecule has 7 nitrogen and oxygen atoms in total. The van der Waals surface area contributed by atoms with Gasteiger partial charge >= 0.3 is 5.97 Å². The van der Waals surface area contributed by atoms with Gasteiger partial charge in [0.25, 0.3) is 5.91 Å². The van der Waals surface area contributed by atoms with E-state index >= 15 is 0 Å². The third kappa shape index (κ3) is 4.58. The first-order chi connectivity index (χ1) is 13.1. The van der Waals surface area contributed by atoms with E-state index < -0.39 is 5.97 Å². The van der Waals surface area contributed by atoms with Crippen molar-refractivity contribution in [1.29, 1.82) is 0 Å². The highest BCUT2D eigenvalue weighted by Gasteiger charge is 2.37. The fraction of sp³-hybridized carbons (Fsp3) is 0.650. The van der Waals surface area contributed by atoms with Crippen molar-refractivity contribution in [2.45, 2.75) is 50.6 Å². The Morgan fingerprint density at radius 1 is 1.22 bits per heavy atom. The minimum atomic E-state index is -0.771. The number of aromatic nitrogens is 1. The number of nitrogens with one attached hydrogen (secondary N) is 1. The van der Waals surface area contributed by atoms with Gasteiger partial charge in [0.15, 0.2) is 0 Å². The highest BCUT2D eigenvalue weighted by Crippen LogP contribution is 2.33. The lowest BCUT2D eigenvalue weighted by Crippen LogP contribution is -2.55. The molecule has 146 valence electrons. The summed E-state index contributed by atoms with van der Waals surface area (Å²) in [6.07, 6.45) is 8.13. The summed E-state index contributed by atoms with van der Waals surface area (Å²) < 4.78 is 0. The first kappa shape index (κ1) is 18.2. The number of carboxylic acid groups (broad SMARTS) is 1. The van der Waals surface area contributed by atoms with Gasteiger partial charge in [-0.15, -0.1) is 0 Å². The Hall–Kier alpha value is -2.15. The maximum Gasteiger partial charge on any atom is 0.317 e. The van der Waals surface area contributed by atoms with Crippen LogP contribution in [0.25, 0.3) is 0 Å². The molecule has 0 bridgehead atoms. The van der Waals surface area contributed by atoms with Crippen LogP contribution in [0.4, 0.5) is 5.82 Å². The van der Waals surface area contributed by atoms with Gasteiger partial charge in [-0.2, -0.15) is 0 Å². The molecule has 0 spiro atoms. The molecule has 2 saturated carbocycles. The zero-order chi connectivity index (χ0) is 18.8. The lowest BCUT2D eigenvalue weighted by molar-refractivity contribution is -0.139. The summed E-state index contributed by atoms with van der Waals surface area (Å²) in [5.74, 6) is 0.744. The zero-order valence-electron chi connectivity index (χ0n) is 15.6. The van der Waals surface area contributed by atoms with Crippen LogP contribution in [0.3, 0.4) is 0 Å². The number of anilines is 1. The molecule has 4 rings (SSSR count). The van der Waals surface area contributed by atoms with E-state index in [-0.39, 0.29) is 24.5 Å². The quantitative estimate of drug-likeness (QED) is 0.723. The van der Waals surface area contributed by atoms with Crippen molar-refractivity contribution in [2.75, 3.05) is 31.1 Å². The van der Waals surface area contributed by atoms with Gasteiger partial charge in [-0.25, -0.2) is 4.98 Å². The van der Waals surface area contributed by atoms with Gasteiger partial charge < -0.3 is 15.3 Å². The topological polar surface area (TPSA) is 85.8 Å². The number of carbonyl (C=O) groups is 2. The summed E-state index contributed by atoms with van der Waals surface area (Å²) in [5, 5.41) is 12.2. The van der Waals surface area contributed by atoms with Crippen molar-refractivity contribution in [3.05, 3.63) is 23.9 Å². The largest absolute Gasteiger partial charge is 0.480 e. The van der Waals surface area contributed by atoms with Gasteiger partial charge in [0.05, 0.1) is 12.1 Å². The van der Waals surface area contributed by atoms with E-state index in [1.54, 1.807) is 6.20 Å². The van der Waals surface area contributed by atoms with Crippen LogP contribution in [0.15, 0.2) is 18.3 Å². The third-order valence-corrected chi connectivity index (χ3v) is 5.93. The molecule has 1 aliphatic heterocycles. The number of carbonyl (C=O) groups excluding carboxylic acids is 1. The number of hydrogen-bond donors (Lipinski definition) is 2. The number of hydrogen-bond acceptors (Lipinski definition) is 5. The molecule has 1 aromatic rings. The zero-order valence-corrected chi connectivity index (χ0v) is 15.6. The molecule has 7 heteroatoms. The average molecular weight is 372 g/mol. The number of pyridine rings is 1. The Bertz CT molecular complexity index is 677. The number of rotatable bonds is 8. The Morgan fingerprint density at radius 2 is 1.96 bits per heavy atom. The molecule has 0 unspecified atom stereocenters. The van der Waals surface area contributed by atoms with Crippen LogP contribution < -0.4 is 10.2 Å². The third-order valence-electron chi connectivity index (χ3n) is 5.93. The van der Waals surface area contributed by atoms with Crippen LogP contribution in [-0.2, 0) is 4.79 Å². The molecule has 0 aromatic carbocycles. The summed E-state index contributed by atoms with van der Waals surface area (Å²) in [6, 6.07) is 4.16. The van der Waals surface area contributed by atoms with Crippen LogP contribution in [0.5, 0.6) is 0 Å². The molecule has 1 amide bonds. The van der Waals surface area contributed by atoms with Crippen molar-refractivity contribution < 1.29 is 14.7 Å². The molecule has 2 N–H and O–H groups in total. The van der Waals surface area contributed by atoms with E-state index in [0.29, 0.717) is 11.5 Å². The number of carboxylic acids is 1. The van der Waals surface area contributed by atoms with E-state index in [1.807, 2.05) is 12.1 Å². The molecule has 1 saturated heterocycles. The summed E-state index contributed by atoms with van der Waals surface area (Å²) >= 11 is 0. The van der Waals surface area contributed by atoms with Crippen LogP contribution in [0.2, 0.25) is 0 Å². The fourth-order valence-corrected chi connectivity index (χ4v) is 4.07. The van der Waals surface area contributed by atoms with E-state index in [9.17, 15) is 9.59 Å². The van der Waals surface area contributed by atoms with Crippen molar-refractivity contribution in [2.24, 2.45) is 5.92 Å². The molecule has 3 fully saturated rings. The Kier molecular flexibility index (Phi) is 5.29. The molecule has 0 radical (unpaired) electrons. The predicted molar refractivity (Wildman–Crippen MR) is 102 cm³/mol. The SMILES string of the molecule is O=C(O)CN(CC1CC1)C1CC(NC(=O)c2ccc(N3CCCC3)nc2)C1. The lowest BCUT2D eigenvalue weighted by atomic mass is 9.85. The van der Waals surface area contributed by atoms with Crippen molar-refractivity contribution in [3.63, 3.8) is 0 Å². The van der Waals surface area contributed by atoms with Gasteiger partial charge in [-0.1, -0.05) is 0 Å². The highest BCUT2D eigenvalue weighted by atomic mass is 16.4. The highest BCUT2D eigenvalue weighted by molar-refractivity contribution is 5.94. The van der Waals surface area contributed by atoms with Crippen molar-refractivity contribution >= 4 is 17.7 Å². The van der Waals surface area contributed by atoms with Crippen LogP contribution in [0.1, 0.15) is 48.9 Å². The second kappa shape index (κ2) is 7.84. The summed E-state index contributed by atoms with van der Waals surface area (Å²) in [4.78, 5) is 32.3. The second-order valence-electron chi connectivity index (χ2n) is 8.16. The monoisotopic (exact) mass is 372 g/mol. The molecular weight excluding hydrogens is 344 g/mol. The van der Waals surface area contributed by atoms with Gasteiger partial charge in [0, 0.05) is 37.9 Å². The maximum atomic E-state index is 12.5. The number of nitrogens with zero attached hydrogens (tertiary/aromatic N) is 3. The van der Waals surface area contributed by atoms with Gasteiger partial charge in [-0.3, -0.25) is 14.5 Å². The van der Waals surface area contributed by atoms with E-state index in [2.05, 4.69) is 20.1 Å². The molecule has 27 heavy (non-hydrogen) atoms. The molecule has 1 aromatic heterocycles. The van der Waals surface area contributed by atoms with Gasteiger partial charge in [0.1, 0.15) is 5.82 Å². The van der Waals surface area contributed by atoms with Gasteiger partial charge in [-0.05, 0) is 56.6 Å². The second-order valence-corrected chi connectivity index (χ2v) is 8.16. The smallest absolute Gasteiger partial charge is 0.317 e. The van der Waals surface area contributed by atoms with Crippen LogP contribution >= 0.6 is 0 Å². The maximum absolute atomic E-state index is 12.5. The Labute approximate surface area is 159 Å². The first-order valence-corrected chi connectivity index (χ1v) is 10.1. The summed E-state index contributed by atoms with van der Waals surface area (Å²) in [5.41, 5.74) is 0.585. The van der Waals surface area contributed by atoms with Crippen molar-refractivity contribution in [3.8, 4) is 0 Å². The van der Waals surface area contributed by atoms with E-state index in [4.69, 9.17) is 5.11 Å². The number of amides is 1. The summed E-state index contributed by atoms with van der Waals surface area (Å²) in [7, 11) is 0. The normalized spacial score (nSPS) is 24.7. The Morgan fingerprint density at radius 3 is 2.56 bits per heavy atom. The molecular formula is C20H28N4O3. The molecule has 3 aliphatic rings. The van der Waals surface area contributed by atoms with Gasteiger partial charge in [0.2, 0.25) is 0 Å². The van der Waals surface area contributed by atoms with Crippen molar-refractivity contribution in [1.82, 2.24) is 15.2 Å². The average Bonchev–Trinajstić information content (AvgIpc) is 3.26. The molecule has 2 aliphatic carbocycles. The van der Waals surface area contributed by atoms with Crippen LogP contribution in [-0.4, -0.2) is 65.1 Å². The van der Waals surface area contributed by atoms with E-state index in [0.717, 1.165) is 38.3 Å². The standard InChI is InChI=1S/C20H28N4O3/c25-19(26)13-24(12-14-3-4-14)17-9-16(10-17)22-20(27)15-5-6-18(21-11-15)23-7-1-2-8-23/h5-6,11,14,16-17H,1-4,7-10,12-13H2,(H,22,27)(H,25,26). The minimum absolute atomic E-state index is 0.0918. The van der Waals surface area contributed by atoms with E-state index in [1.165, 1.54) is 25.7 Å². The lowest BCUT2D eigenvalue weighted by Gasteiger charge is -2.42. The van der Waals surface area contributed by atoms with Crippen LogP contribution in [0, 0.1) is 5.92 Å².